The molecule has 16 heavy (non-hydrogen) atoms. The number of methoxy groups -OCH3 is 1. The maximum atomic E-state index is 11.6. The Morgan fingerprint density at radius 2 is 1.88 bits per heavy atom. The van der Waals surface area contributed by atoms with Crippen LogP contribution in [0.15, 0.2) is 30.3 Å². The summed E-state index contributed by atoms with van der Waals surface area (Å²) in [5.41, 5.74) is 0.471. The van der Waals surface area contributed by atoms with Gasteiger partial charge in [0.25, 0.3) is 0 Å². The number of esters is 2. The van der Waals surface area contributed by atoms with Crippen molar-refractivity contribution in [3.05, 3.63) is 35.9 Å². The van der Waals surface area contributed by atoms with Crippen molar-refractivity contribution in [3.8, 4) is 0 Å². The molecule has 0 aliphatic rings. The molecule has 1 aromatic carbocycles. The zero-order valence-corrected chi connectivity index (χ0v) is 9.30. The lowest BCUT2D eigenvalue weighted by Gasteiger charge is -2.11. The van der Waals surface area contributed by atoms with Crippen LogP contribution < -0.4 is 0 Å². The van der Waals surface area contributed by atoms with E-state index in [9.17, 15) is 9.59 Å². The molecule has 0 saturated heterocycles. The van der Waals surface area contributed by atoms with E-state index < -0.39 is 18.0 Å². The smallest absolute Gasteiger partial charge is 0.338 e. The topological polar surface area (TPSA) is 52.6 Å². The second-order valence-electron chi connectivity index (χ2n) is 3.36. The van der Waals surface area contributed by atoms with Gasteiger partial charge in [-0.2, -0.15) is 0 Å². The molecule has 1 rings (SSSR count). The molecule has 1 atom stereocenters. The summed E-state index contributed by atoms with van der Waals surface area (Å²) < 4.78 is 9.55. The van der Waals surface area contributed by atoms with Crippen LogP contribution in [0.3, 0.4) is 0 Å². The maximum absolute atomic E-state index is 11.6. The van der Waals surface area contributed by atoms with Crippen LogP contribution >= 0.6 is 0 Å². The minimum absolute atomic E-state index is 0.0646. The van der Waals surface area contributed by atoms with Crippen molar-refractivity contribution < 1.29 is 19.1 Å². The van der Waals surface area contributed by atoms with Crippen molar-refractivity contribution in [1.29, 1.82) is 0 Å². The van der Waals surface area contributed by atoms with Crippen LogP contribution in [-0.2, 0) is 14.3 Å². The summed E-state index contributed by atoms with van der Waals surface area (Å²) in [5.74, 6) is -0.828. The van der Waals surface area contributed by atoms with Crippen LogP contribution in [0.2, 0.25) is 0 Å². The van der Waals surface area contributed by atoms with E-state index in [1.54, 1.807) is 31.2 Å². The first-order valence-corrected chi connectivity index (χ1v) is 4.96. The molecule has 0 aliphatic heterocycles. The van der Waals surface area contributed by atoms with E-state index in [-0.39, 0.29) is 6.42 Å². The van der Waals surface area contributed by atoms with E-state index >= 15 is 0 Å². The minimum atomic E-state index is -0.486. The molecule has 0 aromatic heterocycles. The van der Waals surface area contributed by atoms with Crippen LogP contribution in [0.1, 0.15) is 23.7 Å². The summed E-state index contributed by atoms with van der Waals surface area (Å²) in [6.45, 7) is 1.65. The average molecular weight is 222 g/mol. The number of ether oxygens (including phenoxy) is 2. The first-order valence-electron chi connectivity index (χ1n) is 4.96. The lowest BCUT2D eigenvalue weighted by molar-refractivity contribution is -0.142. The van der Waals surface area contributed by atoms with Gasteiger partial charge >= 0.3 is 11.9 Å². The number of carbonyl (C=O) groups excluding carboxylic acids is 2. The van der Waals surface area contributed by atoms with Gasteiger partial charge in [0.15, 0.2) is 0 Å². The molecule has 0 radical (unpaired) electrons. The van der Waals surface area contributed by atoms with Gasteiger partial charge in [-0.1, -0.05) is 18.2 Å². The van der Waals surface area contributed by atoms with Crippen LogP contribution in [0.5, 0.6) is 0 Å². The first-order chi connectivity index (χ1) is 7.63. The zero-order valence-electron chi connectivity index (χ0n) is 9.30. The molecule has 0 bridgehead atoms. The second kappa shape index (κ2) is 5.90. The zero-order chi connectivity index (χ0) is 12.0. The summed E-state index contributed by atoms with van der Waals surface area (Å²) >= 11 is 0. The molecular formula is C12H14O4. The fourth-order valence-electron chi connectivity index (χ4n) is 1.18. The Labute approximate surface area is 94.2 Å². The lowest BCUT2D eigenvalue weighted by atomic mass is 10.2. The molecule has 4 nitrogen and oxygen atoms in total. The van der Waals surface area contributed by atoms with Gasteiger partial charge < -0.3 is 9.47 Å². The van der Waals surface area contributed by atoms with Crippen molar-refractivity contribution in [3.63, 3.8) is 0 Å². The normalized spacial score (nSPS) is 11.6. The van der Waals surface area contributed by atoms with Gasteiger partial charge in [-0.25, -0.2) is 4.79 Å². The lowest BCUT2D eigenvalue weighted by Crippen LogP contribution is -2.19. The Morgan fingerprint density at radius 3 is 2.44 bits per heavy atom. The fraction of sp³-hybridized carbons (Fsp3) is 0.333. The third-order valence-electron chi connectivity index (χ3n) is 2.00. The summed E-state index contributed by atoms with van der Waals surface area (Å²) in [4.78, 5) is 22.5. The van der Waals surface area contributed by atoms with E-state index in [1.165, 1.54) is 7.11 Å². The Morgan fingerprint density at radius 1 is 1.25 bits per heavy atom. The molecule has 86 valence electrons. The van der Waals surface area contributed by atoms with Gasteiger partial charge in [-0.3, -0.25) is 4.79 Å². The summed E-state index contributed by atoms with van der Waals surface area (Å²) in [7, 11) is 1.30. The molecule has 0 N–H and O–H groups in total. The predicted molar refractivity (Wildman–Crippen MR) is 58.0 cm³/mol. The Balaban J connectivity index is 2.49. The standard InChI is InChI=1S/C12H14O4/c1-9(8-11(13)15-2)16-12(14)10-6-4-3-5-7-10/h3-7,9H,8H2,1-2H3. The van der Waals surface area contributed by atoms with Crippen LogP contribution in [0.25, 0.3) is 0 Å². The minimum Gasteiger partial charge on any atom is -0.469 e. The van der Waals surface area contributed by atoms with Crippen molar-refractivity contribution >= 4 is 11.9 Å². The number of benzene rings is 1. The first kappa shape index (κ1) is 12.2. The van der Waals surface area contributed by atoms with E-state index in [0.29, 0.717) is 5.56 Å². The van der Waals surface area contributed by atoms with Crippen LogP contribution in [0.4, 0.5) is 0 Å². The maximum Gasteiger partial charge on any atom is 0.338 e. The highest BCUT2D eigenvalue weighted by Gasteiger charge is 2.14. The third-order valence-corrected chi connectivity index (χ3v) is 2.00. The highest BCUT2D eigenvalue weighted by atomic mass is 16.6. The van der Waals surface area contributed by atoms with Crippen LogP contribution in [0, 0.1) is 0 Å². The van der Waals surface area contributed by atoms with Crippen molar-refractivity contribution in [2.24, 2.45) is 0 Å². The Bertz CT molecular complexity index is 359. The largest absolute Gasteiger partial charge is 0.469 e. The quantitative estimate of drug-likeness (QED) is 0.729. The number of hydrogen-bond donors (Lipinski definition) is 0. The molecule has 1 unspecified atom stereocenters. The summed E-state index contributed by atoms with van der Waals surface area (Å²) in [6, 6.07) is 8.64. The fourth-order valence-corrected chi connectivity index (χ4v) is 1.18. The average Bonchev–Trinajstić information content (AvgIpc) is 2.29. The molecule has 0 spiro atoms. The number of hydrogen-bond acceptors (Lipinski definition) is 4. The third kappa shape index (κ3) is 3.73. The van der Waals surface area contributed by atoms with Crippen molar-refractivity contribution in [1.82, 2.24) is 0 Å². The van der Waals surface area contributed by atoms with Gasteiger partial charge in [-0.05, 0) is 19.1 Å². The van der Waals surface area contributed by atoms with E-state index in [2.05, 4.69) is 4.74 Å². The number of carbonyl (C=O) groups is 2. The molecule has 1 aromatic rings. The molecule has 0 amide bonds. The van der Waals surface area contributed by atoms with Crippen LogP contribution in [-0.4, -0.2) is 25.2 Å². The SMILES string of the molecule is COC(=O)CC(C)OC(=O)c1ccccc1. The molecule has 0 fully saturated rings. The number of rotatable bonds is 4. The highest BCUT2D eigenvalue weighted by molar-refractivity contribution is 5.89. The van der Waals surface area contributed by atoms with Crippen molar-refractivity contribution in [2.45, 2.75) is 19.4 Å². The Kier molecular flexibility index (Phi) is 4.51. The van der Waals surface area contributed by atoms with Gasteiger partial charge in [0.2, 0.25) is 0 Å². The van der Waals surface area contributed by atoms with Gasteiger partial charge in [-0.15, -0.1) is 0 Å². The highest BCUT2D eigenvalue weighted by Crippen LogP contribution is 2.06. The molecular weight excluding hydrogens is 208 g/mol. The summed E-state index contributed by atoms with van der Waals surface area (Å²) in [6.07, 6.45) is -0.421. The molecule has 0 heterocycles. The van der Waals surface area contributed by atoms with Gasteiger partial charge in [0.1, 0.15) is 6.10 Å². The van der Waals surface area contributed by atoms with Gasteiger partial charge in [0, 0.05) is 0 Å². The predicted octanol–water partition coefficient (Wildman–Crippen LogP) is 1.79. The monoisotopic (exact) mass is 222 g/mol. The molecule has 4 heteroatoms. The van der Waals surface area contributed by atoms with E-state index in [4.69, 9.17) is 4.74 Å². The molecule has 0 aliphatic carbocycles. The second-order valence-corrected chi connectivity index (χ2v) is 3.36. The van der Waals surface area contributed by atoms with E-state index in [0.717, 1.165) is 0 Å². The Hall–Kier alpha value is -1.84. The van der Waals surface area contributed by atoms with E-state index in [1.807, 2.05) is 6.07 Å². The van der Waals surface area contributed by atoms with Crippen molar-refractivity contribution in [2.75, 3.05) is 7.11 Å². The molecule has 0 saturated carbocycles. The van der Waals surface area contributed by atoms with Gasteiger partial charge in [0.05, 0.1) is 19.1 Å². The summed E-state index contributed by atoms with van der Waals surface area (Å²) in [5, 5.41) is 0.